The minimum Gasteiger partial charge on any atom is -0.377 e. The van der Waals surface area contributed by atoms with Gasteiger partial charge in [-0.1, -0.05) is 5.92 Å². The van der Waals surface area contributed by atoms with Gasteiger partial charge in [0.15, 0.2) is 5.60 Å². The molecule has 1 N–H and O–H groups in total. The van der Waals surface area contributed by atoms with Gasteiger partial charge in [0.1, 0.15) is 0 Å². The summed E-state index contributed by atoms with van der Waals surface area (Å²) in [7, 11) is 0. The summed E-state index contributed by atoms with van der Waals surface area (Å²) < 4.78 is 4.96. The van der Waals surface area contributed by atoms with Crippen LogP contribution in [0.5, 0.6) is 0 Å². The van der Waals surface area contributed by atoms with Crippen molar-refractivity contribution in [3.05, 3.63) is 0 Å². The zero-order valence-electron chi connectivity index (χ0n) is 5.48. The second-order valence-corrected chi connectivity index (χ2v) is 2.21. The van der Waals surface area contributed by atoms with Crippen molar-refractivity contribution in [2.75, 3.05) is 13.2 Å². The Morgan fingerprint density at radius 3 is 2.89 bits per heavy atom. The molecule has 0 aliphatic carbocycles. The third kappa shape index (κ3) is 1.44. The van der Waals surface area contributed by atoms with Gasteiger partial charge in [0.25, 0.3) is 0 Å². The number of hydrogen-bond donors (Lipinski definition) is 1. The van der Waals surface area contributed by atoms with Gasteiger partial charge in [-0.25, -0.2) is 0 Å². The van der Waals surface area contributed by atoms with Crippen molar-refractivity contribution in [3.8, 4) is 11.8 Å². The predicted molar refractivity (Wildman–Crippen MR) is 33.8 cm³/mol. The Kier molecular flexibility index (Phi) is 1.75. The number of aliphatic hydroxyl groups is 1. The first kappa shape index (κ1) is 6.60. The van der Waals surface area contributed by atoms with E-state index in [2.05, 4.69) is 11.8 Å². The topological polar surface area (TPSA) is 29.5 Å². The molecule has 0 saturated carbocycles. The third-order valence-corrected chi connectivity index (χ3v) is 1.36. The van der Waals surface area contributed by atoms with Crippen molar-refractivity contribution in [1.29, 1.82) is 0 Å². The Bertz CT molecular complexity index is 146. The van der Waals surface area contributed by atoms with Gasteiger partial charge >= 0.3 is 0 Å². The Hall–Kier alpha value is -0.520. The Morgan fingerprint density at radius 1 is 1.67 bits per heavy atom. The van der Waals surface area contributed by atoms with Crippen molar-refractivity contribution >= 4 is 0 Å². The fourth-order valence-corrected chi connectivity index (χ4v) is 0.885. The molecular weight excluding hydrogens is 116 g/mol. The van der Waals surface area contributed by atoms with Gasteiger partial charge in [0.05, 0.1) is 13.2 Å². The molecule has 50 valence electrons. The highest BCUT2D eigenvalue weighted by molar-refractivity contribution is 5.13. The molecule has 0 bridgehead atoms. The molecule has 0 spiro atoms. The fourth-order valence-electron chi connectivity index (χ4n) is 0.885. The molecule has 1 aliphatic heterocycles. The summed E-state index contributed by atoms with van der Waals surface area (Å²) in [6.45, 7) is 2.72. The molecule has 1 fully saturated rings. The second-order valence-electron chi connectivity index (χ2n) is 2.21. The predicted octanol–water partition coefficient (Wildman–Crippen LogP) is 0.161. The number of hydrogen-bond acceptors (Lipinski definition) is 2. The molecule has 0 aromatic carbocycles. The molecular formula is C7H10O2. The van der Waals surface area contributed by atoms with Crippen molar-refractivity contribution in [3.63, 3.8) is 0 Å². The molecule has 1 unspecified atom stereocenters. The lowest BCUT2D eigenvalue weighted by Gasteiger charge is -2.09. The quantitative estimate of drug-likeness (QED) is 0.468. The monoisotopic (exact) mass is 126 g/mol. The molecule has 0 aromatic heterocycles. The van der Waals surface area contributed by atoms with E-state index in [0.717, 1.165) is 0 Å². The highest BCUT2D eigenvalue weighted by Gasteiger charge is 2.29. The van der Waals surface area contributed by atoms with Crippen molar-refractivity contribution in [2.45, 2.75) is 18.9 Å². The molecule has 9 heavy (non-hydrogen) atoms. The molecule has 1 aliphatic rings. The van der Waals surface area contributed by atoms with Gasteiger partial charge in [-0.2, -0.15) is 0 Å². The van der Waals surface area contributed by atoms with Crippen LogP contribution in [0.15, 0.2) is 0 Å². The number of ether oxygens (including phenoxy) is 1. The van der Waals surface area contributed by atoms with E-state index < -0.39 is 5.60 Å². The van der Waals surface area contributed by atoms with E-state index in [0.29, 0.717) is 19.6 Å². The average Bonchev–Trinajstić information content (AvgIpc) is 2.16. The fraction of sp³-hybridized carbons (Fsp3) is 0.714. The van der Waals surface area contributed by atoms with E-state index in [1.54, 1.807) is 6.92 Å². The molecule has 1 saturated heterocycles. The van der Waals surface area contributed by atoms with Crippen LogP contribution < -0.4 is 0 Å². The minimum absolute atomic E-state index is 0.369. The lowest BCUT2D eigenvalue weighted by atomic mass is 10.1. The lowest BCUT2D eigenvalue weighted by Crippen LogP contribution is -2.25. The normalized spacial score (nSPS) is 33.6. The molecule has 2 heteroatoms. The van der Waals surface area contributed by atoms with E-state index in [1.807, 2.05) is 0 Å². The maximum absolute atomic E-state index is 9.39. The average molecular weight is 126 g/mol. The maximum atomic E-state index is 9.39. The summed E-state index contributed by atoms with van der Waals surface area (Å²) in [6, 6.07) is 0. The van der Waals surface area contributed by atoms with Crippen molar-refractivity contribution in [2.24, 2.45) is 0 Å². The van der Waals surface area contributed by atoms with Crippen LogP contribution in [0, 0.1) is 11.8 Å². The SMILES string of the molecule is CC#CC1(O)CCOC1. The maximum Gasteiger partial charge on any atom is 0.150 e. The minimum atomic E-state index is -0.839. The molecule has 0 radical (unpaired) electrons. The van der Waals surface area contributed by atoms with E-state index in [9.17, 15) is 5.11 Å². The van der Waals surface area contributed by atoms with Crippen LogP contribution in [0.2, 0.25) is 0 Å². The first-order valence-corrected chi connectivity index (χ1v) is 3.01. The third-order valence-electron chi connectivity index (χ3n) is 1.36. The summed E-state index contributed by atoms with van der Waals surface area (Å²) in [6.07, 6.45) is 0.647. The van der Waals surface area contributed by atoms with E-state index in [4.69, 9.17) is 4.74 Å². The van der Waals surface area contributed by atoms with Gasteiger partial charge in [0.2, 0.25) is 0 Å². The van der Waals surface area contributed by atoms with Gasteiger partial charge < -0.3 is 9.84 Å². The Labute approximate surface area is 54.8 Å². The first-order chi connectivity index (χ1) is 4.27. The van der Waals surface area contributed by atoms with E-state index in [1.165, 1.54) is 0 Å². The van der Waals surface area contributed by atoms with Gasteiger partial charge in [-0.05, 0) is 6.92 Å². The molecule has 2 nitrogen and oxygen atoms in total. The largest absolute Gasteiger partial charge is 0.377 e. The van der Waals surface area contributed by atoms with Crippen LogP contribution in [0.25, 0.3) is 0 Å². The lowest BCUT2D eigenvalue weighted by molar-refractivity contribution is 0.0764. The number of rotatable bonds is 0. The second kappa shape index (κ2) is 2.38. The van der Waals surface area contributed by atoms with E-state index >= 15 is 0 Å². The van der Waals surface area contributed by atoms with Gasteiger partial charge in [-0.15, -0.1) is 5.92 Å². The zero-order chi connectivity index (χ0) is 6.74. The molecule has 1 atom stereocenters. The Morgan fingerprint density at radius 2 is 2.44 bits per heavy atom. The van der Waals surface area contributed by atoms with Gasteiger partial charge in [-0.3, -0.25) is 0 Å². The zero-order valence-corrected chi connectivity index (χ0v) is 5.48. The summed E-state index contributed by atoms with van der Waals surface area (Å²) >= 11 is 0. The van der Waals surface area contributed by atoms with Crippen molar-refractivity contribution < 1.29 is 9.84 Å². The summed E-state index contributed by atoms with van der Waals surface area (Å²) in [4.78, 5) is 0. The smallest absolute Gasteiger partial charge is 0.150 e. The van der Waals surface area contributed by atoms with Crippen LogP contribution in [0.3, 0.4) is 0 Å². The summed E-state index contributed by atoms with van der Waals surface area (Å²) in [5.74, 6) is 5.37. The molecule has 1 rings (SSSR count). The molecule has 0 amide bonds. The molecule has 0 aromatic rings. The van der Waals surface area contributed by atoms with E-state index in [-0.39, 0.29) is 0 Å². The summed E-state index contributed by atoms with van der Waals surface area (Å²) in [5, 5.41) is 9.39. The van der Waals surface area contributed by atoms with Crippen LogP contribution in [0.4, 0.5) is 0 Å². The highest BCUT2D eigenvalue weighted by atomic mass is 16.5. The molecule has 1 heterocycles. The van der Waals surface area contributed by atoms with Crippen LogP contribution >= 0.6 is 0 Å². The van der Waals surface area contributed by atoms with Gasteiger partial charge in [0, 0.05) is 6.42 Å². The first-order valence-electron chi connectivity index (χ1n) is 3.01. The highest BCUT2D eigenvalue weighted by Crippen LogP contribution is 2.16. The van der Waals surface area contributed by atoms with Crippen LogP contribution in [-0.2, 0) is 4.74 Å². The van der Waals surface area contributed by atoms with Crippen molar-refractivity contribution in [1.82, 2.24) is 0 Å². The van der Waals surface area contributed by atoms with Crippen LogP contribution in [0.1, 0.15) is 13.3 Å². The Balaban J connectivity index is 2.58. The standard InChI is InChI=1S/C7H10O2/c1-2-3-7(8)4-5-9-6-7/h8H,4-6H2,1H3. The van der Waals surface area contributed by atoms with Crippen LogP contribution in [-0.4, -0.2) is 23.9 Å². The summed E-state index contributed by atoms with van der Waals surface area (Å²) in [5.41, 5.74) is -0.839.